The van der Waals surface area contributed by atoms with Crippen molar-refractivity contribution in [3.05, 3.63) is 183 Å². The van der Waals surface area contributed by atoms with E-state index in [0.29, 0.717) is 28.4 Å². The lowest BCUT2D eigenvalue weighted by atomic mass is 10.0. The smallest absolute Gasteiger partial charge is 0.200 e. The summed E-state index contributed by atoms with van der Waals surface area (Å²) < 4.78 is 1.90. The number of nitrogens with one attached hydrogen (secondary N) is 1. The molecule has 0 bridgehead atoms. The molecule has 0 aliphatic carbocycles. The third-order valence-corrected chi connectivity index (χ3v) is 7.21. The number of carbonyl (C=O) groups is 2. The Kier molecular flexibility index (Phi) is 8.23. The number of hydrogen-bond donors (Lipinski definition) is 1. The number of benzene rings is 2. The van der Waals surface area contributed by atoms with Crippen LogP contribution in [0.5, 0.6) is 0 Å². The number of fused-ring (bicyclic) bond motifs is 2. The van der Waals surface area contributed by atoms with Crippen LogP contribution in [0.1, 0.15) is 37.5 Å². The van der Waals surface area contributed by atoms with Crippen LogP contribution in [0.3, 0.4) is 0 Å². The van der Waals surface area contributed by atoms with Gasteiger partial charge in [0.2, 0.25) is 10.9 Å². The molecule has 218 valence electrons. The lowest BCUT2D eigenvalue weighted by Crippen LogP contribution is -2.20. The normalized spacial score (nSPS) is 10.7. The summed E-state index contributed by atoms with van der Waals surface area (Å²) in [5, 5.41) is 1.03. The Morgan fingerprint density at radius 3 is 1.87 bits per heavy atom. The highest BCUT2D eigenvalue weighted by Crippen LogP contribution is 2.16. The van der Waals surface area contributed by atoms with Crippen LogP contribution in [0.25, 0.3) is 21.8 Å². The van der Waals surface area contributed by atoms with E-state index in [1.165, 1.54) is 18.6 Å². The molecule has 0 unspecified atom stereocenters. The van der Waals surface area contributed by atoms with E-state index in [4.69, 9.17) is 0 Å². The van der Waals surface area contributed by atoms with Crippen molar-refractivity contribution in [2.45, 2.75) is 6.54 Å². The second-order valence-electron chi connectivity index (χ2n) is 10.0. The van der Waals surface area contributed by atoms with E-state index in [2.05, 4.69) is 19.9 Å². The van der Waals surface area contributed by atoms with Crippen LogP contribution in [-0.4, -0.2) is 36.1 Å². The fourth-order valence-corrected chi connectivity index (χ4v) is 4.96. The molecular formula is C36H25N5O4. The summed E-state index contributed by atoms with van der Waals surface area (Å²) >= 11 is 0. The van der Waals surface area contributed by atoms with E-state index in [-0.39, 0.29) is 33.6 Å². The molecule has 0 aliphatic heterocycles. The van der Waals surface area contributed by atoms with E-state index < -0.39 is 0 Å². The first-order valence-electron chi connectivity index (χ1n) is 14.0. The molecule has 0 atom stereocenters. The van der Waals surface area contributed by atoms with E-state index in [1.54, 1.807) is 79.4 Å². The van der Waals surface area contributed by atoms with Gasteiger partial charge in [-0.25, -0.2) is 0 Å². The van der Waals surface area contributed by atoms with Gasteiger partial charge in [-0.05, 0) is 60.7 Å². The standard InChI is InChI=1S/C21H15N3O2.C15H10N2O2/c25-20(15-8-11-22-12-9-15)18-14-24(13-16-5-3-4-10-23-16)19-7-2-1-6-17(19)21(18)26;18-14(10-5-7-16-8-6-10)12-9-17-13-4-2-1-3-11(13)15(12)19/h1-12,14H,13H2;1-9H,(H,17,19). The molecule has 5 aromatic heterocycles. The quantitative estimate of drug-likeness (QED) is 0.263. The number of H-pyrrole nitrogens is 1. The zero-order valence-electron chi connectivity index (χ0n) is 23.8. The van der Waals surface area contributed by atoms with E-state index >= 15 is 0 Å². The summed E-state index contributed by atoms with van der Waals surface area (Å²) in [4.78, 5) is 65.4. The number of aromatic amines is 1. The van der Waals surface area contributed by atoms with Gasteiger partial charge in [0.05, 0.1) is 28.9 Å². The number of hydrogen-bond acceptors (Lipinski definition) is 7. The first-order chi connectivity index (χ1) is 22.0. The summed E-state index contributed by atoms with van der Waals surface area (Å²) in [7, 11) is 0. The molecular weight excluding hydrogens is 566 g/mol. The van der Waals surface area contributed by atoms with Gasteiger partial charge in [-0.2, -0.15) is 0 Å². The maximum Gasteiger partial charge on any atom is 0.200 e. The minimum Gasteiger partial charge on any atom is -0.360 e. The van der Waals surface area contributed by atoms with E-state index in [9.17, 15) is 19.2 Å². The molecule has 7 rings (SSSR count). The highest BCUT2D eigenvalue weighted by molar-refractivity contribution is 6.10. The number of nitrogens with zero attached hydrogens (tertiary/aromatic N) is 4. The van der Waals surface area contributed by atoms with Crippen LogP contribution >= 0.6 is 0 Å². The Morgan fingerprint density at radius 2 is 1.20 bits per heavy atom. The molecule has 0 amide bonds. The predicted octanol–water partition coefficient (Wildman–Crippen LogP) is 5.22. The van der Waals surface area contributed by atoms with Gasteiger partial charge in [-0.1, -0.05) is 30.3 Å². The Morgan fingerprint density at radius 1 is 0.622 bits per heavy atom. The number of pyridine rings is 5. The van der Waals surface area contributed by atoms with Crippen LogP contribution in [0, 0.1) is 0 Å². The fraction of sp³-hybridized carbons (Fsp3) is 0.0278. The van der Waals surface area contributed by atoms with Gasteiger partial charge in [-0.3, -0.25) is 34.1 Å². The first-order valence-corrected chi connectivity index (χ1v) is 14.0. The monoisotopic (exact) mass is 591 g/mol. The van der Waals surface area contributed by atoms with Crippen LogP contribution < -0.4 is 10.9 Å². The molecule has 0 spiro atoms. The fourth-order valence-electron chi connectivity index (χ4n) is 4.96. The van der Waals surface area contributed by atoms with Crippen molar-refractivity contribution in [3.8, 4) is 0 Å². The molecule has 7 aromatic rings. The third-order valence-electron chi connectivity index (χ3n) is 7.21. The number of para-hydroxylation sites is 2. The Balaban J connectivity index is 0.000000167. The average molecular weight is 592 g/mol. The maximum absolute atomic E-state index is 12.9. The summed E-state index contributed by atoms with van der Waals surface area (Å²) in [5.74, 6) is -0.604. The third kappa shape index (κ3) is 6.09. The molecule has 9 nitrogen and oxygen atoms in total. The zero-order chi connectivity index (χ0) is 31.2. The zero-order valence-corrected chi connectivity index (χ0v) is 23.8. The molecule has 5 heterocycles. The highest BCUT2D eigenvalue weighted by atomic mass is 16.1. The van der Waals surface area contributed by atoms with Gasteiger partial charge < -0.3 is 9.55 Å². The van der Waals surface area contributed by atoms with Crippen LogP contribution in [-0.2, 0) is 6.54 Å². The lowest BCUT2D eigenvalue weighted by molar-refractivity contribution is 0.102. The van der Waals surface area contributed by atoms with Crippen LogP contribution in [0.15, 0.2) is 144 Å². The summed E-state index contributed by atoms with van der Waals surface area (Å²) in [5.41, 5.74) is 3.01. The number of ketones is 2. The largest absolute Gasteiger partial charge is 0.360 e. The SMILES string of the molecule is O=C(c1ccncc1)c1c[nH]c2ccccc2c1=O.O=C(c1ccncc1)c1cn(Cc2ccccn2)c2ccccc2c1=O. The van der Waals surface area contributed by atoms with Crippen LogP contribution in [0.2, 0.25) is 0 Å². The molecule has 2 aromatic carbocycles. The van der Waals surface area contributed by atoms with Gasteiger partial charge in [0.1, 0.15) is 0 Å². The van der Waals surface area contributed by atoms with Crippen molar-refractivity contribution < 1.29 is 9.59 Å². The molecule has 0 radical (unpaired) electrons. The van der Waals surface area contributed by atoms with Crippen LogP contribution in [0.4, 0.5) is 0 Å². The number of rotatable bonds is 6. The molecule has 0 fully saturated rings. The second-order valence-corrected chi connectivity index (χ2v) is 10.0. The summed E-state index contributed by atoms with van der Waals surface area (Å²) in [6.07, 6.45) is 11.0. The molecule has 1 N–H and O–H groups in total. The molecule has 45 heavy (non-hydrogen) atoms. The highest BCUT2D eigenvalue weighted by Gasteiger charge is 2.17. The Hall–Kier alpha value is -6.35. The van der Waals surface area contributed by atoms with Gasteiger partial charge in [-0.15, -0.1) is 0 Å². The first kappa shape index (κ1) is 28.8. The molecule has 9 heteroatoms. The second kappa shape index (κ2) is 12.9. The maximum atomic E-state index is 12.9. The average Bonchev–Trinajstić information content (AvgIpc) is 3.11. The Labute approximate surface area is 256 Å². The van der Waals surface area contributed by atoms with Crippen molar-refractivity contribution in [2.75, 3.05) is 0 Å². The van der Waals surface area contributed by atoms with Gasteiger partial charge in [0, 0.05) is 70.8 Å². The minimum absolute atomic E-state index is 0.143. The van der Waals surface area contributed by atoms with Gasteiger partial charge in [0.25, 0.3) is 0 Å². The lowest BCUT2D eigenvalue weighted by Gasteiger charge is -2.13. The predicted molar refractivity (Wildman–Crippen MR) is 171 cm³/mol. The van der Waals surface area contributed by atoms with E-state index in [1.807, 2.05) is 41.0 Å². The molecule has 0 saturated carbocycles. The van der Waals surface area contributed by atoms with E-state index in [0.717, 1.165) is 16.7 Å². The number of carbonyl (C=O) groups excluding carboxylic acids is 2. The molecule has 0 aliphatic rings. The van der Waals surface area contributed by atoms with Gasteiger partial charge >= 0.3 is 0 Å². The topological polar surface area (TPSA) is 128 Å². The Bertz CT molecular complexity index is 2270. The minimum atomic E-state index is -0.307. The number of aromatic nitrogens is 5. The van der Waals surface area contributed by atoms with Crippen molar-refractivity contribution in [1.82, 2.24) is 24.5 Å². The summed E-state index contributed by atoms with van der Waals surface area (Å²) in [6.45, 7) is 0.470. The van der Waals surface area contributed by atoms with Crippen molar-refractivity contribution in [1.29, 1.82) is 0 Å². The van der Waals surface area contributed by atoms with Crippen molar-refractivity contribution >= 4 is 33.4 Å². The summed E-state index contributed by atoms with van der Waals surface area (Å²) in [6, 6.07) is 26.5. The van der Waals surface area contributed by atoms with Crippen molar-refractivity contribution in [3.63, 3.8) is 0 Å². The molecule has 0 saturated heterocycles. The van der Waals surface area contributed by atoms with Gasteiger partial charge in [0.15, 0.2) is 11.6 Å². The van der Waals surface area contributed by atoms with Crippen molar-refractivity contribution in [2.24, 2.45) is 0 Å².